The summed E-state index contributed by atoms with van der Waals surface area (Å²) in [5, 5.41) is 4.76. The van der Waals surface area contributed by atoms with E-state index in [4.69, 9.17) is 4.74 Å². The molecule has 4 nitrogen and oxygen atoms in total. The number of hydrogen-bond acceptors (Lipinski definition) is 4. The van der Waals surface area contributed by atoms with Gasteiger partial charge in [-0.15, -0.1) is 0 Å². The van der Waals surface area contributed by atoms with Gasteiger partial charge in [0, 0.05) is 6.54 Å². The molecule has 1 aromatic rings. The van der Waals surface area contributed by atoms with Gasteiger partial charge in [-0.3, -0.25) is 0 Å². The van der Waals surface area contributed by atoms with E-state index in [1.54, 1.807) is 0 Å². The van der Waals surface area contributed by atoms with Gasteiger partial charge in [-0.05, 0) is 17.8 Å². The molecule has 0 saturated heterocycles. The number of nitrogens with zero attached hydrogens (tertiary/aromatic N) is 1. The summed E-state index contributed by atoms with van der Waals surface area (Å²) in [6.07, 6.45) is -0.455. The lowest BCUT2D eigenvalue weighted by molar-refractivity contribution is 0.140. The summed E-state index contributed by atoms with van der Waals surface area (Å²) in [6, 6.07) is 9.48. The van der Waals surface area contributed by atoms with Crippen LogP contribution in [0.2, 0.25) is 0 Å². The molecule has 0 aliphatic carbocycles. The number of isothiocyanates is 1. The van der Waals surface area contributed by atoms with Gasteiger partial charge in [0.15, 0.2) is 0 Å². The van der Waals surface area contributed by atoms with E-state index in [9.17, 15) is 4.79 Å². The first-order valence-electron chi connectivity index (χ1n) is 4.81. The first-order valence-corrected chi connectivity index (χ1v) is 5.22. The number of carbonyl (C=O) groups is 1. The zero-order chi connectivity index (χ0) is 11.6. The van der Waals surface area contributed by atoms with E-state index >= 15 is 0 Å². The number of carbonyl (C=O) groups excluding carboxylic acids is 1. The number of hydrogen-bond donors (Lipinski definition) is 1. The van der Waals surface area contributed by atoms with Crippen LogP contribution >= 0.6 is 12.2 Å². The van der Waals surface area contributed by atoms with Crippen molar-refractivity contribution in [1.82, 2.24) is 5.32 Å². The number of ether oxygens (including phenoxy) is 1. The summed E-state index contributed by atoms with van der Waals surface area (Å²) >= 11 is 4.39. The topological polar surface area (TPSA) is 50.7 Å². The fraction of sp³-hybridized carbons (Fsp3) is 0.273. The summed E-state index contributed by atoms with van der Waals surface area (Å²) < 4.78 is 4.97. The average molecular weight is 236 g/mol. The Morgan fingerprint density at radius 1 is 1.44 bits per heavy atom. The van der Waals surface area contributed by atoms with Crippen molar-refractivity contribution in [3.05, 3.63) is 35.9 Å². The van der Waals surface area contributed by atoms with Crippen LogP contribution in [-0.4, -0.2) is 24.3 Å². The van der Waals surface area contributed by atoms with Crippen molar-refractivity contribution in [1.29, 1.82) is 0 Å². The molecule has 16 heavy (non-hydrogen) atoms. The number of benzene rings is 1. The molecular formula is C11H12N2O2S. The molecular weight excluding hydrogens is 224 g/mol. The van der Waals surface area contributed by atoms with Gasteiger partial charge in [0.2, 0.25) is 0 Å². The van der Waals surface area contributed by atoms with Crippen molar-refractivity contribution in [2.45, 2.75) is 6.61 Å². The van der Waals surface area contributed by atoms with Crippen LogP contribution in [0, 0.1) is 0 Å². The SMILES string of the molecule is O=C(NCCN=C=S)OCc1ccccc1. The normalized spacial score (nSPS) is 9.00. The highest BCUT2D eigenvalue weighted by atomic mass is 32.1. The Hall–Kier alpha value is -1.71. The van der Waals surface area contributed by atoms with Gasteiger partial charge in [-0.1, -0.05) is 30.3 Å². The van der Waals surface area contributed by atoms with Crippen LogP contribution in [0.1, 0.15) is 5.56 Å². The first kappa shape index (κ1) is 12.4. The molecule has 84 valence electrons. The highest BCUT2D eigenvalue weighted by Gasteiger charge is 2.00. The molecule has 0 spiro atoms. The summed E-state index contributed by atoms with van der Waals surface area (Å²) in [5.74, 6) is 0. The number of rotatable bonds is 5. The maximum atomic E-state index is 11.2. The molecule has 0 aliphatic heterocycles. The van der Waals surface area contributed by atoms with Crippen LogP contribution in [0.25, 0.3) is 0 Å². The molecule has 0 bridgehead atoms. The minimum atomic E-state index is -0.455. The number of alkyl carbamates (subject to hydrolysis) is 1. The summed E-state index contributed by atoms with van der Waals surface area (Å²) in [7, 11) is 0. The first-order chi connectivity index (χ1) is 7.83. The molecule has 0 saturated carbocycles. The predicted octanol–water partition coefficient (Wildman–Crippen LogP) is 2.02. The number of thiocarbonyl (C=S) groups is 1. The van der Waals surface area contributed by atoms with Crippen LogP contribution in [0.4, 0.5) is 4.79 Å². The van der Waals surface area contributed by atoms with E-state index in [1.807, 2.05) is 30.3 Å². The maximum Gasteiger partial charge on any atom is 0.407 e. The van der Waals surface area contributed by atoms with Gasteiger partial charge in [-0.2, -0.15) is 0 Å². The molecule has 1 N–H and O–H groups in total. The van der Waals surface area contributed by atoms with E-state index in [0.29, 0.717) is 13.1 Å². The quantitative estimate of drug-likeness (QED) is 0.483. The van der Waals surface area contributed by atoms with Gasteiger partial charge in [0.05, 0.1) is 11.7 Å². The van der Waals surface area contributed by atoms with E-state index in [0.717, 1.165) is 5.56 Å². The fourth-order valence-electron chi connectivity index (χ4n) is 1.03. The molecule has 0 unspecified atom stereocenters. The lowest BCUT2D eigenvalue weighted by Crippen LogP contribution is -2.26. The third kappa shape index (κ3) is 5.24. The van der Waals surface area contributed by atoms with Gasteiger partial charge in [0.25, 0.3) is 0 Å². The summed E-state index contributed by atoms with van der Waals surface area (Å²) in [6.45, 7) is 1.09. The third-order valence-corrected chi connectivity index (χ3v) is 1.90. The second-order valence-electron chi connectivity index (χ2n) is 2.96. The third-order valence-electron chi connectivity index (χ3n) is 1.77. The molecule has 5 heteroatoms. The molecule has 0 heterocycles. The highest BCUT2D eigenvalue weighted by Crippen LogP contribution is 2.00. The number of amides is 1. The van der Waals surface area contributed by atoms with E-state index in [2.05, 4.69) is 27.7 Å². The highest BCUT2D eigenvalue weighted by molar-refractivity contribution is 7.78. The minimum absolute atomic E-state index is 0.267. The van der Waals surface area contributed by atoms with Crippen LogP contribution in [0.15, 0.2) is 35.3 Å². The second-order valence-corrected chi connectivity index (χ2v) is 3.14. The Morgan fingerprint density at radius 3 is 2.88 bits per heavy atom. The lowest BCUT2D eigenvalue weighted by atomic mass is 10.2. The van der Waals surface area contributed by atoms with Gasteiger partial charge in [-0.25, -0.2) is 9.79 Å². The van der Waals surface area contributed by atoms with Crippen LogP contribution < -0.4 is 5.32 Å². The summed E-state index contributed by atoms with van der Waals surface area (Å²) in [4.78, 5) is 14.8. The standard InChI is InChI=1S/C11H12N2O2S/c14-11(13-7-6-12-9-16)15-8-10-4-2-1-3-5-10/h1-5H,6-8H2,(H,13,14). The van der Waals surface area contributed by atoms with Crippen molar-refractivity contribution in [2.75, 3.05) is 13.1 Å². The van der Waals surface area contributed by atoms with Gasteiger partial charge >= 0.3 is 6.09 Å². The van der Waals surface area contributed by atoms with Gasteiger partial charge < -0.3 is 10.1 Å². The lowest BCUT2D eigenvalue weighted by Gasteiger charge is -2.05. The molecule has 1 aromatic carbocycles. The van der Waals surface area contributed by atoms with Gasteiger partial charge in [0.1, 0.15) is 6.61 Å². The molecule has 1 rings (SSSR count). The number of aliphatic imine (C=N–C) groups is 1. The Morgan fingerprint density at radius 2 is 2.19 bits per heavy atom. The Bertz CT molecular complexity index is 375. The average Bonchev–Trinajstić information content (AvgIpc) is 2.33. The Labute approximate surface area is 99.3 Å². The van der Waals surface area contributed by atoms with E-state index < -0.39 is 6.09 Å². The zero-order valence-corrected chi connectivity index (χ0v) is 9.50. The van der Waals surface area contributed by atoms with E-state index in [1.165, 1.54) is 0 Å². The molecule has 0 fully saturated rings. The maximum absolute atomic E-state index is 11.2. The molecule has 0 aromatic heterocycles. The molecule has 0 radical (unpaired) electrons. The van der Waals surface area contributed by atoms with Crippen LogP contribution in [0.3, 0.4) is 0 Å². The number of nitrogens with one attached hydrogen (secondary N) is 1. The van der Waals surface area contributed by atoms with Crippen molar-refractivity contribution in [3.63, 3.8) is 0 Å². The van der Waals surface area contributed by atoms with E-state index in [-0.39, 0.29) is 6.61 Å². The Balaban J connectivity index is 2.18. The summed E-state index contributed by atoms with van der Waals surface area (Å²) in [5.41, 5.74) is 0.953. The zero-order valence-electron chi connectivity index (χ0n) is 8.68. The molecule has 0 atom stereocenters. The van der Waals surface area contributed by atoms with Crippen LogP contribution in [-0.2, 0) is 11.3 Å². The second kappa shape index (κ2) is 7.56. The predicted molar refractivity (Wildman–Crippen MR) is 64.5 cm³/mol. The Kier molecular flexibility index (Phi) is 5.84. The monoisotopic (exact) mass is 236 g/mol. The van der Waals surface area contributed by atoms with Crippen molar-refractivity contribution in [3.8, 4) is 0 Å². The largest absolute Gasteiger partial charge is 0.445 e. The van der Waals surface area contributed by atoms with Crippen molar-refractivity contribution >= 4 is 23.5 Å². The van der Waals surface area contributed by atoms with Crippen LogP contribution in [0.5, 0.6) is 0 Å². The molecule has 1 amide bonds. The van der Waals surface area contributed by atoms with Crippen molar-refractivity contribution in [2.24, 2.45) is 4.99 Å². The van der Waals surface area contributed by atoms with Crippen molar-refractivity contribution < 1.29 is 9.53 Å². The fourth-order valence-corrected chi connectivity index (χ4v) is 1.12. The minimum Gasteiger partial charge on any atom is -0.445 e. The molecule has 0 aliphatic rings. The smallest absolute Gasteiger partial charge is 0.407 e.